The van der Waals surface area contributed by atoms with E-state index in [4.69, 9.17) is 4.74 Å². The second-order valence-electron chi connectivity index (χ2n) is 10.5. The fourth-order valence-corrected chi connectivity index (χ4v) is 6.01. The Morgan fingerprint density at radius 1 is 0.625 bits per heavy atom. The quantitative estimate of drug-likeness (QED) is 0.358. The highest BCUT2D eigenvalue weighted by Crippen LogP contribution is 2.38. The van der Waals surface area contributed by atoms with Crippen molar-refractivity contribution in [1.82, 2.24) is 0 Å². The molecule has 1 nitrogen and oxygen atoms in total. The third-order valence-electron chi connectivity index (χ3n) is 8.13. The maximum Gasteiger partial charge on any atom is 0.0825 e. The molecule has 1 aliphatic heterocycles. The van der Waals surface area contributed by atoms with E-state index in [0.29, 0.717) is 0 Å². The van der Waals surface area contributed by atoms with Crippen LogP contribution in [0.15, 0.2) is 48.5 Å². The summed E-state index contributed by atoms with van der Waals surface area (Å²) in [6, 6.07) is 18.6. The number of unbranched alkanes of at least 4 members (excludes halogenated alkanes) is 2. The van der Waals surface area contributed by atoms with Crippen molar-refractivity contribution in [2.75, 3.05) is 6.61 Å². The minimum absolute atomic E-state index is 0.289. The van der Waals surface area contributed by atoms with Crippen LogP contribution in [-0.4, -0.2) is 6.61 Å². The van der Waals surface area contributed by atoms with Crippen LogP contribution in [-0.2, 0) is 4.74 Å². The van der Waals surface area contributed by atoms with Crippen molar-refractivity contribution in [1.29, 1.82) is 0 Å². The first-order chi connectivity index (χ1) is 15.8. The SMILES string of the molecule is CCCCCC1CCC(c2ccc(-c3ccc(C4CCC(CCC)CC4)cc3)cc2)OC1. The standard InChI is InChI=1S/C31H44O/c1-3-5-6-8-25-11-22-31(32-23-25)30-20-18-29(19-21-30)28-16-14-27(15-17-28)26-12-9-24(7-4-2)10-13-26/h14-21,24-26,31H,3-13,22-23H2,1-2H3. The lowest BCUT2D eigenvalue weighted by Gasteiger charge is -2.29. The van der Waals surface area contributed by atoms with E-state index in [0.717, 1.165) is 24.4 Å². The maximum atomic E-state index is 6.26. The molecule has 2 aromatic rings. The van der Waals surface area contributed by atoms with Gasteiger partial charge in [-0.25, -0.2) is 0 Å². The Labute approximate surface area is 197 Å². The van der Waals surface area contributed by atoms with Crippen LogP contribution in [0.2, 0.25) is 0 Å². The van der Waals surface area contributed by atoms with E-state index in [1.165, 1.54) is 93.7 Å². The zero-order chi connectivity index (χ0) is 22.2. The first kappa shape index (κ1) is 23.6. The lowest BCUT2D eigenvalue weighted by molar-refractivity contribution is -0.0198. The summed E-state index contributed by atoms with van der Waals surface area (Å²) in [6.45, 7) is 5.55. The fourth-order valence-electron chi connectivity index (χ4n) is 6.01. The third-order valence-corrected chi connectivity index (χ3v) is 8.13. The van der Waals surface area contributed by atoms with Crippen LogP contribution in [0, 0.1) is 11.8 Å². The molecule has 1 saturated heterocycles. The molecule has 1 saturated carbocycles. The predicted molar refractivity (Wildman–Crippen MR) is 137 cm³/mol. The van der Waals surface area contributed by atoms with Crippen LogP contribution in [0.25, 0.3) is 11.1 Å². The van der Waals surface area contributed by atoms with E-state index >= 15 is 0 Å². The summed E-state index contributed by atoms with van der Waals surface area (Å²) < 4.78 is 6.26. The molecule has 0 bridgehead atoms. The highest BCUT2D eigenvalue weighted by molar-refractivity contribution is 5.64. The van der Waals surface area contributed by atoms with Crippen LogP contribution >= 0.6 is 0 Å². The van der Waals surface area contributed by atoms with Crippen molar-refractivity contribution in [2.45, 2.75) is 103 Å². The molecule has 0 N–H and O–H groups in total. The Bertz CT molecular complexity index is 774. The summed E-state index contributed by atoms with van der Waals surface area (Å²) in [4.78, 5) is 0. The first-order valence-electron chi connectivity index (χ1n) is 13.6. The molecule has 4 rings (SSSR count). The van der Waals surface area contributed by atoms with E-state index in [1.807, 2.05) is 0 Å². The van der Waals surface area contributed by atoms with Gasteiger partial charge in [0.05, 0.1) is 12.7 Å². The van der Waals surface area contributed by atoms with Crippen LogP contribution in [0.3, 0.4) is 0 Å². The topological polar surface area (TPSA) is 9.23 Å². The molecule has 32 heavy (non-hydrogen) atoms. The first-order valence-corrected chi connectivity index (χ1v) is 13.6. The zero-order valence-electron chi connectivity index (χ0n) is 20.5. The molecule has 2 aromatic carbocycles. The van der Waals surface area contributed by atoms with Crippen LogP contribution in [0.5, 0.6) is 0 Å². The number of hydrogen-bond acceptors (Lipinski definition) is 1. The number of ether oxygens (including phenoxy) is 1. The van der Waals surface area contributed by atoms with Gasteiger partial charge in [-0.2, -0.15) is 0 Å². The Balaban J connectivity index is 1.29. The maximum absolute atomic E-state index is 6.26. The number of rotatable bonds is 9. The molecule has 0 spiro atoms. The van der Waals surface area contributed by atoms with Gasteiger partial charge in [-0.1, -0.05) is 94.5 Å². The molecule has 0 aromatic heterocycles. The van der Waals surface area contributed by atoms with E-state index in [1.54, 1.807) is 5.56 Å². The van der Waals surface area contributed by atoms with Gasteiger partial charge in [0.15, 0.2) is 0 Å². The van der Waals surface area contributed by atoms with E-state index in [9.17, 15) is 0 Å². The second-order valence-corrected chi connectivity index (χ2v) is 10.5. The minimum atomic E-state index is 0.289. The summed E-state index contributed by atoms with van der Waals surface area (Å²) in [5.41, 5.74) is 5.55. The van der Waals surface area contributed by atoms with Gasteiger partial charge in [0.25, 0.3) is 0 Å². The molecule has 1 heteroatoms. The molecule has 0 amide bonds. The molecule has 2 atom stereocenters. The van der Waals surface area contributed by atoms with E-state index < -0.39 is 0 Å². The normalized spacial score (nSPS) is 26.2. The molecule has 2 fully saturated rings. The summed E-state index contributed by atoms with van der Waals surface area (Å²) >= 11 is 0. The minimum Gasteiger partial charge on any atom is -0.373 e. The molecule has 1 heterocycles. The van der Waals surface area contributed by atoms with Gasteiger partial charge in [0.2, 0.25) is 0 Å². The van der Waals surface area contributed by atoms with Gasteiger partial charge in [-0.05, 0) is 85.0 Å². The van der Waals surface area contributed by atoms with Crippen molar-refractivity contribution in [3.8, 4) is 11.1 Å². The second kappa shape index (κ2) is 12.0. The molecule has 0 radical (unpaired) electrons. The average molecular weight is 433 g/mol. The smallest absolute Gasteiger partial charge is 0.0825 e. The van der Waals surface area contributed by atoms with Crippen LogP contribution in [0.1, 0.15) is 114 Å². The van der Waals surface area contributed by atoms with E-state index in [2.05, 4.69) is 62.4 Å². The van der Waals surface area contributed by atoms with Crippen LogP contribution < -0.4 is 0 Å². The third kappa shape index (κ3) is 6.25. The van der Waals surface area contributed by atoms with Crippen molar-refractivity contribution >= 4 is 0 Å². The summed E-state index contributed by atoms with van der Waals surface area (Å²) in [5, 5.41) is 0. The Morgan fingerprint density at radius 3 is 1.81 bits per heavy atom. The Kier molecular flexibility index (Phi) is 8.85. The number of hydrogen-bond donors (Lipinski definition) is 0. The predicted octanol–water partition coefficient (Wildman–Crippen LogP) is 9.48. The van der Waals surface area contributed by atoms with Gasteiger partial charge < -0.3 is 4.74 Å². The van der Waals surface area contributed by atoms with Gasteiger partial charge in [-0.3, -0.25) is 0 Å². The van der Waals surface area contributed by atoms with Crippen molar-refractivity contribution in [3.05, 3.63) is 59.7 Å². The van der Waals surface area contributed by atoms with Gasteiger partial charge in [0, 0.05) is 0 Å². The molecular weight excluding hydrogens is 388 g/mol. The fraction of sp³-hybridized carbons (Fsp3) is 0.613. The monoisotopic (exact) mass is 432 g/mol. The van der Waals surface area contributed by atoms with E-state index in [-0.39, 0.29) is 6.10 Å². The highest BCUT2D eigenvalue weighted by atomic mass is 16.5. The molecule has 174 valence electrons. The lowest BCUT2D eigenvalue weighted by atomic mass is 9.77. The number of benzene rings is 2. The van der Waals surface area contributed by atoms with Gasteiger partial charge in [-0.15, -0.1) is 0 Å². The van der Waals surface area contributed by atoms with Gasteiger partial charge in [0.1, 0.15) is 0 Å². The van der Waals surface area contributed by atoms with Crippen molar-refractivity contribution < 1.29 is 4.74 Å². The highest BCUT2D eigenvalue weighted by Gasteiger charge is 2.23. The van der Waals surface area contributed by atoms with Crippen LogP contribution in [0.4, 0.5) is 0 Å². The molecular formula is C31H44O. The summed E-state index contributed by atoms with van der Waals surface area (Å²) in [7, 11) is 0. The lowest BCUT2D eigenvalue weighted by Crippen LogP contribution is -2.20. The zero-order valence-corrected chi connectivity index (χ0v) is 20.5. The molecule has 2 aliphatic rings. The average Bonchev–Trinajstić information content (AvgIpc) is 2.86. The summed E-state index contributed by atoms with van der Waals surface area (Å²) in [6.07, 6.45) is 16.5. The van der Waals surface area contributed by atoms with Crippen molar-refractivity contribution in [3.63, 3.8) is 0 Å². The molecule has 2 unspecified atom stereocenters. The van der Waals surface area contributed by atoms with Crippen molar-refractivity contribution in [2.24, 2.45) is 11.8 Å². The summed E-state index contributed by atoms with van der Waals surface area (Å²) in [5.74, 6) is 2.53. The largest absolute Gasteiger partial charge is 0.373 e. The Morgan fingerprint density at radius 2 is 1.25 bits per heavy atom. The van der Waals surface area contributed by atoms with Gasteiger partial charge >= 0.3 is 0 Å². The Hall–Kier alpha value is -1.60. The molecule has 1 aliphatic carbocycles.